The molecule has 240 valence electrons. The summed E-state index contributed by atoms with van der Waals surface area (Å²) in [5.41, 5.74) is 11.7. The maximum atomic E-state index is 5.09. The highest BCUT2D eigenvalue weighted by atomic mass is 32.1. The van der Waals surface area contributed by atoms with Gasteiger partial charge in [0.2, 0.25) is 0 Å². The van der Waals surface area contributed by atoms with Gasteiger partial charge >= 0.3 is 0 Å². The molecule has 0 saturated carbocycles. The zero-order chi connectivity index (χ0) is 34.0. The normalized spacial score (nSPS) is 11.1. The molecule has 0 spiro atoms. The van der Waals surface area contributed by atoms with Gasteiger partial charge in [-0.1, -0.05) is 152 Å². The Hall–Kier alpha value is -6.56. The Morgan fingerprint density at radius 2 is 0.667 bits per heavy atom. The van der Waals surface area contributed by atoms with Crippen LogP contribution in [-0.2, 0) is 0 Å². The molecule has 51 heavy (non-hydrogen) atoms. The second kappa shape index (κ2) is 13.4. The molecule has 7 aromatic carbocycles. The van der Waals surface area contributed by atoms with Crippen LogP contribution in [0.1, 0.15) is 0 Å². The van der Waals surface area contributed by atoms with E-state index < -0.39 is 0 Å². The molecule has 9 rings (SSSR count). The van der Waals surface area contributed by atoms with Gasteiger partial charge in [-0.3, -0.25) is 0 Å². The molecule has 0 N–H and O–H groups in total. The Kier molecular flexibility index (Phi) is 8.01. The Morgan fingerprint density at radius 1 is 0.275 bits per heavy atom. The first-order chi connectivity index (χ1) is 25.2. The van der Waals surface area contributed by atoms with Gasteiger partial charge in [0.1, 0.15) is 5.01 Å². The van der Waals surface area contributed by atoms with Gasteiger partial charge in [0.25, 0.3) is 0 Å². The fraction of sp³-hybridized carbons (Fsp3) is 0. The summed E-state index contributed by atoms with van der Waals surface area (Å²) in [7, 11) is 0. The third kappa shape index (κ3) is 6.34. The Bertz CT molecular complexity index is 2620. The highest BCUT2D eigenvalue weighted by molar-refractivity contribution is 7.21. The van der Waals surface area contributed by atoms with Crippen LogP contribution < -0.4 is 0 Å². The van der Waals surface area contributed by atoms with Crippen molar-refractivity contribution < 1.29 is 0 Å². The van der Waals surface area contributed by atoms with E-state index in [2.05, 4.69) is 152 Å². The third-order valence-electron chi connectivity index (χ3n) is 8.98. The van der Waals surface area contributed by atoms with Crippen LogP contribution >= 0.6 is 11.3 Å². The standard InChI is InChI=1S/C46H30N4S/c1-4-12-31(13-5-1)33-22-24-34(25-23-33)43-48-44(39-21-11-20-38(29-39)37-19-10-18-36(28-37)32-14-6-2-7-15-32)50-45(49-43)40-26-27-42-41(30-40)47-46(51-42)35-16-8-3-9-17-35/h1-30H. The summed E-state index contributed by atoms with van der Waals surface area (Å²) in [5, 5.41) is 0.992. The fourth-order valence-electron chi connectivity index (χ4n) is 6.32. The van der Waals surface area contributed by atoms with Gasteiger partial charge in [-0.25, -0.2) is 19.9 Å². The molecule has 0 aliphatic rings. The molecule has 0 amide bonds. The number of hydrogen-bond acceptors (Lipinski definition) is 5. The maximum Gasteiger partial charge on any atom is 0.164 e. The van der Waals surface area contributed by atoms with Crippen molar-refractivity contribution in [1.29, 1.82) is 0 Å². The van der Waals surface area contributed by atoms with E-state index in [9.17, 15) is 0 Å². The molecule has 0 fully saturated rings. The molecule has 0 atom stereocenters. The summed E-state index contributed by atoms with van der Waals surface area (Å²) >= 11 is 1.69. The first kappa shape index (κ1) is 30.5. The second-order valence-electron chi connectivity index (χ2n) is 12.3. The Morgan fingerprint density at radius 3 is 1.27 bits per heavy atom. The first-order valence-corrected chi connectivity index (χ1v) is 17.7. The summed E-state index contributed by atoms with van der Waals surface area (Å²) in [4.78, 5) is 20.2. The minimum Gasteiger partial charge on any atom is -0.236 e. The number of rotatable bonds is 7. The molecule has 0 bridgehead atoms. The smallest absolute Gasteiger partial charge is 0.164 e. The first-order valence-electron chi connectivity index (χ1n) is 16.9. The van der Waals surface area contributed by atoms with Crippen LogP contribution in [0, 0.1) is 0 Å². The number of nitrogens with zero attached hydrogens (tertiary/aromatic N) is 4. The lowest BCUT2D eigenvalue weighted by atomic mass is 9.98. The van der Waals surface area contributed by atoms with Crippen molar-refractivity contribution in [3.8, 4) is 78.1 Å². The third-order valence-corrected chi connectivity index (χ3v) is 10.1. The lowest BCUT2D eigenvalue weighted by Crippen LogP contribution is -2.00. The lowest BCUT2D eigenvalue weighted by molar-refractivity contribution is 1.07. The number of thiazole rings is 1. The summed E-state index contributed by atoms with van der Waals surface area (Å²) in [6, 6.07) is 63.0. The van der Waals surface area contributed by atoms with Gasteiger partial charge in [0.05, 0.1) is 10.2 Å². The number of fused-ring (bicyclic) bond motifs is 1. The number of benzene rings is 7. The SMILES string of the molecule is c1ccc(-c2ccc(-c3nc(-c4cccc(-c5cccc(-c6ccccc6)c5)c4)nc(-c4ccc5sc(-c6ccccc6)nc5c4)n3)cc2)cc1. The predicted molar refractivity (Wildman–Crippen MR) is 211 cm³/mol. The molecule has 0 aliphatic carbocycles. The van der Waals surface area contributed by atoms with E-state index >= 15 is 0 Å². The van der Waals surface area contributed by atoms with Crippen LogP contribution in [0.5, 0.6) is 0 Å². The molecular weight excluding hydrogens is 641 g/mol. The van der Waals surface area contributed by atoms with Crippen molar-refractivity contribution in [3.63, 3.8) is 0 Å². The zero-order valence-electron chi connectivity index (χ0n) is 27.5. The maximum absolute atomic E-state index is 5.09. The van der Waals surface area contributed by atoms with Crippen molar-refractivity contribution in [1.82, 2.24) is 19.9 Å². The molecule has 4 nitrogen and oxygen atoms in total. The minimum atomic E-state index is 0.606. The van der Waals surface area contributed by atoms with Gasteiger partial charge in [-0.2, -0.15) is 0 Å². The van der Waals surface area contributed by atoms with Crippen molar-refractivity contribution in [2.45, 2.75) is 0 Å². The molecule has 0 unspecified atom stereocenters. The van der Waals surface area contributed by atoms with Crippen LogP contribution in [0.25, 0.3) is 88.3 Å². The molecule has 0 aliphatic heterocycles. The van der Waals surface area contributed by atoms with Crippen LogP contribution in [0.15, 0.2) is 182 Å². The summed E-state index contributed by atoms with van der Waals surface area (Å²) < 4.78 is 1.12. The molecule has 9 aromatic rings. The molecule has 0 radical (unpaired) electrons. The quantitative estimate of drug-likeness (QED) is 0.169. The molecule has 0 saturated heterocycles. The average molecular weight is 671 g/mol. The van der Waals surface area contributed by atoms with E-state index in [1.54, 1.807) is 11.3 Å². The average Bonchev–Trinajstić information content (AvgIpc) is 3.66. The van der Waals surface area contributed by atoms with Gasteiger partial charge < -0.3 is 0 Å². The number of aromatic nitrogens is 4. The van der Waals surface area contributed by atoms with Crippen LogP contribution in [-0.4, -0.2) is 19.9 Å². The van der Waals surface area contributed by atoms with Crippen LogP contribution in [0.3, 0.4) is 0 Å². The van der Waals surface area contributed by atoms with E-state index in [-0.39, 0.29) is 0 Å². The molecular formula is C46H30N4S. The van der Waals surface area contributed by atoms with Crippen molar-refractivity contribution in [2.24, 2.45) is 0 Å². The van der Waals surface area contributed by atoms with Crippen LogP contribution in [0.2, 0.25) is 0 Å². The zero-order valence-corrected chi connectivity index (χ0v) is 28.3. The Balaban J connectivity index is 1.14. The van der Waals surface area contributed by atoms with Crippen molar-refractivity contribution in [2.75, 3.05) is 0 Å². The van der Waals surface area contributed by atoms with E-state index in [1.165, 1.54) is 16.7 Å². The minimum absolute atomic E-state index is 0.606. The second-order valence-corrected chi connectivity index (χ2v) is 13.4. The lowest BCUT2D eigenvalue weighted by Gasteiger charge is -2.11. The summed E-state index contributed by atoms with van der Waals surface area (Å²) in [6.07, 6.45) is 0. The van der Waals surface area contributed by atoms with Crippen molar-refractivity contribution >= 4 is 21.6 Å². The van der Waals surface area contributed by atoms with Gasteiger partial charge in [-0.05, 0) is 63.7 Å². The topological polar surface area (TPSA) is 51.6 Å². The molecule has 5 heteroatoms. The van der Waals surface area contributed by atoms with Gasteiger partial charge in [-0.15, -0.1) is 11.3 Å². The van der Waals surface area contributed by atoms with Crippen molar-refractivity contribution in [3.05, 3.63) is 182 Å². The van der Waals surface area contributed by atoms with E-state index in [0.29, 0.717) is 17.5 Å². The van der Waals surface area contributed by atoms with Crippen LogP contribution in [0.4, 0.5) is 0 Å². The predicted octanol–water partition coefficient (Wildman–Crippen LogP) is 12.2. The van der Waals surface area contributed by atoms with Gasteiger partial charge in [0, 0.05) is 22.3 Å². The van der Waals surface area contributed by atoms with E-state index in [4.69, 9.17) is 19.9 Å². The van der Waals surface area contributed by atoms with E-state index in [1.807, 2.05) is 30.3 Å². The highest BCUT2D eigenvalue weighted by Gasteiger charge is 2.15. The van der Waals surface area contributed by atoms with E-state index in [0.717, 1.165) is 54.2 Å². The largest absolute Gasteiger partial charge is 0.236 e. The number of hydrogen-bond donors (Lipinski definition) is 0. The van der Waals surface area contributed by atoms with Gasteiger partial charge in [0.15, 0.2) is 17.5 Å². The molecule has 2 aromatic heterocycles. The monoisotopic (exact) mass is 670 g/mol. The Labute approximate surface area is 300 Å². The molecule has 2 heterocycles. The summed E-state index contributed by atoms with van der Waals surface area (Å²) in [6.45, 7) is 0. The summed E-state index contributed by atoms with van der Waals surface area (Å²) in [5.74, 6) is 1.84. The highest BCUT2D eigenvalue weighted by Crippen LogP contribution is 2.34. The fourth-order valence-corrected chi connectivity index (χ4v) is 7.27.